The fraction of sp³-hybridized carbons (Fsp3) is 0.136. The van der Waals surface area contributed by atoms with Gasteiger partial charge in [0.05, 0.1) is 22.5 Å². The van der Waals surface area contributed by atoms with E-state index in [0.717, 1.165) is 71.0 Å². The second-order valence-electron chi connectivity index (χ2n) is 17.8. The first-order valence-electron chi connectivity index (χ1n) is 23.3. The first-order valence-corrected chi connectivity index (χ1v) is 24.0. The number of aromatic nitrogens is 2. The molecule has 0 saturated carbocycles. The molecule has 2 atom stereocenters. The summed E-state index contributed by atoms with van der Waals surface area (Å²) in [6, 6.07) is 61.7. The van der Waals surface area contributed by atoms with E-state index in [1.54, 1.807) is 0 Å². The SMILES string of the molecule is O=C(C1=C(N2CCc3ccccc3C2)C(c2ccccc2)N(c2ccc(Cl)cc2)c2ncccc21)C1=C(N2CCc3ccccc3C2)C(c2ccccc2)N(c2ccc(Cl)cc2)c2ncccc21. The van der Waals surface area contributed by atoms with Gasteiger partial charge in [-0.1, -0.05) is 132 Å². The lowest BCUT2D eigenvalue weighted by Gasteiger charge is -2.47. The van der Waals surface area contributed by atoms with Crippen molar-refractivity contribution in [3.63, 3.8) is 0 Å². The van der Waals surface area contributed by atoms with Crippen LogP contribution in [-0.2, 0) is 30.7 Å². The third-order valence-corrected chi connectivity index (χ3v) is 14.5. The van der Waals surface area contributed by atoms with Gasteiger partial charge in [-0.3, -0.25) is 4.79 Å². The van der Waals surface area contributed by atoms with E-state index in [1.807, 2.05) is 60.9 Å². The van der Waals surface area contributed by atoms with Gasteiger partial charge in [-0.05, 0) is 119 Å². The maximum Gasteiger partial charge on any atom is 0.198 e. The summed E-state index contributed by atoms with van der Waals surface area (Å²) >= 11 is 13.2. The zero-order valence-corrected chi connectivity index (χ0v) is 38.7. The molecule has 6 heterocycles. The van der Waals surface area contributed by atoms with Gasteiger partial charge in [0.15, 0.2) is 5.78 Å². The van der Waals surface area contributed by atoms with Crippen LogP contribution in [0.4, 0.5) is 23.0 Å². The number of anilines is 4. The van der Waals surface area contributed by atoms with Crippen LogP contribution in [0.5, 0.6) is 0 Å². The summed E-state index contributed by atoms with van der Waals surface area (Å²) in [5.41, 5.74) is 13.8. The summed E-state index contributed by atoms with van der Waals surface area (Å²) < 4.78 is 0. The molecule has 0 N–H and O–H groups in total. The Bertz CT molecular complexity index is 3050. The standard InChI is InChI=1S/C59H46Cl2N6O/c60-45-23-27-47(28-24-45)66-53(41-15-3-1-4-16-41)55(64-35-31-39-13-7-9-19-43(39)37-64)51(49-21-11-33-62-58(49)66)57(68)52-50-22-12-34-63-59(50)67(48-29-25-46(61)26-30-48)54(42-17-5-2-6-18-42)56(52)65-36-32-40-14-8-10-20-44(40)38-65/h1-30,33-34,53-54H,31-32,35-38H2. The van der Waals surface area contributed by atoms with Crippen LogP contribution < -0.4 is 9.80 Å². The molecule has 68 heavy (non-hydrogen) atoms. The highest BCUT2D eigenvalue weighted by Gasteiger charge is 2.47. The highest BCUT2D eigenvalue weighted by Crippen LogP contribution is 2.55. The summed E-state index contributed by atoms with van der Waals surface area (Å²) in [5.74, 6) is 1.34. The molecule has 0 saturated heterocycles. The largest absolute Gasteiger partial charge is 0.368 e. The van der Waals surface area contributed by atoms with Crippen LogP contribution in [-0.4, -0.2) is 38.6 Å². The lowest BCUT2D eigenvalue weighted by atomic mass is 9.79. The fourth-order valence-corrected chi connectivity index (χ4v) is 11.2. The average Bonchev–Trinajstić information content (AvgIpc) is 3.40. The van der Waals surface area contributed by atoms with Crippen LogP contribution in [0, 0.1) is 0 Å². The summed E-state index contributed by atoms with van der Waals surface area (Å²) in [5, 5.41) is 1.29. The van der Waals surface area contributed by atoms with E-state index >= 15 is 4.79 Å². The van der Waals surface area contributed by atoms with Crippen LogP contribution in [0.3, 0.4) is 0 Å². The number of carbonyl (C=O) groups excluding carboxylic acids is 1. The molecule has 0 bridgehead atoms. The zero-order chi connectivity index (χ0) is 45.7. The minimum Gasteiger partial charge on any atom is -0.368 e. The van der Waals surface area contributed by atoms with Gasteiger partial charge in [0.25, 0.3) is 0 Å². The molecule has 6 aromatic carbocycles. The van der Waals surface area contributed by atoms with Crippen molar-refractivity contribution in [3.05, 3.63) is 260 Å². The molecule has 0 spiro atoms. The maximum absolute atomic E-state index is 17.3. The number of allylic oxidation sites excluding steroid dienone is 2. The van der Waals surface area contributed by atoms with Crippen molar-refractivity contribution in [1.29, 1.82) is 0 Å². The molecule has 0 radical (unpaired) electrons. The zero-order valence-electron chi connectivity index (χ0n) is 37.2. The molecule has 7 nitrogen and oxygen atoms in total. The maximum atomic E-state index is 17.3. The molecule has 8 aromatic rings. The van der Waals surface area contributed by atoms with Gasteiger partial charge in [-0.25, -0.2) is 9.97 Å². The van der Waals surface area contributed by atoms with Crippen molar-refractivity contribution in [2.24, 2.45) is 0 Å². The summed E-state index contributed by atoms with van der Waals surface area (Å²) in [7, 11) is 0. The number of nitrogens with zero attached hydrogens (tertiary/aromatic N) is 6. The molecule has 0 amide bonds. The number of rotatable bonds is 8. The monoisotopic (exact) mass is 924 g/mol. The van der Waals surface area contributed by atoms with Gasteiger partial charge < -0.3 is 19.6 Å². The molecule has 4 aliphatic heterocycles. The van der Waals surface area contributed by atoms with Gasteiger partial charge >= 0.3 is 0 Å². The second kappa shape index (κ2) is 17.6. The molecule has 9 heteroatoms. The Morgan fingerprint density at radius 2 is 0.824 bits per heavy atom. The van der Waals surface area contributed by atoms with Gasteiger partial charge in [0.2, 0.25) is 0 Å². The second-order valence-corrected chi connectivity index (χ2v) is 18.7. The van der Waals surface area contributed by atoms with E-state index in [-0.39, 0.29) is 5.78 Å². The van der Waals surface area contributed by atoms with Crippen LogP contribution >= 0.6 is 23.2 Å². The molecule has 4 aliphatic rings. The Hall–Kier alpha value is -7.45. The van der Waals surface area contributed by atoms with E-state index in [1.165, 1.54) is 22.3 Å². The molecule has 12 rings (SSSR count). The molecule has 0 fully saturated rings. The molecule has 0 aliphatic carbocycles. The number of fused-ring (bicyclic) bond motifs is 4. The first kappa shape index (κ1) is 41.9. The smallest absolute Gasteiger partial charge is 0.198 e. The Labute approximate surface area is 406 Å². The van der Waals surface area contributed by atoms with Crippen LogP contribution in [0.2, 0.25) is 10.0 Å². The number of benzene rings is 6. The van der Waals surface area contributed by atoms with Crippen molar-refractivity contribution >= 4 is 63.1 Å². The van der Waals surface area contributed by atoms with Crippen molar-refractivity contribution in [3.8, 4) is 0 Å². The lowest BCUT2D eigenvalue weighted by molar-refractivity contribution is -0.109. The van der Waals surface area contributed by atoms with E-state index in [0.29, 0.717) is 45.9 Å². The number of ketones is 1. The lowest BCUT2D eigenvalue weighted by Crippen LogP contribution is -2.43. The molecule has 2 aromatic heterocycles. The van der Waals surface area contributed by atoms with Crippen molar-refractivity contribution < 1.29 is 4.79 Å². The minimum absolute atomic E-state index is 0.0652. The molecule has 2 unspecified atom stereocenters. The van der Waals surface area contributed by atoms with Crippen molar-refractivity contribution in [2.45, 2.75) is 38.0 Å². The predicted molar refractivity (Wildman–Crippen MR) is 274 cm³/mol. The Kier molecular flexibility index (Phi) is 10.9. The Morgan fingerprint density at radius 3 is 1.24 bits per heavy atom. The van der Waals surface area contributed by atoms with E-state index in [4.69, 9.17) is 33.2 Å². The summed E-state index contributed by atoms with van der Waals surface area (Å²) in [6.45, 7) is 2.72. The third-order valence-electron chi connectivity index (χ3n) is 14.0. The highest BCUT2D eigenvalue weighted by molar-refractivity contribution is 6.45. The van der Waals surface area contributed by atoms with Crippen molar-refractivity contribution in [2.75, 3.05) is 22.9 Å². The number of halogens is 2. The summed E-state index contributed by atoms with van der Waals surface area (Å²) in [6.07, 6.45) is 5.34. The van der Waals surface area contributed by atoms with Gasteiger partial charge in [-0.15, -0.1) is 0 Å². The van der Waals surface area contributed by atoms with Gasteiger partial charge in [0, 0.05) is 71.1 Å². The Morgan fingerprint density at radius 1 is 0.441 bits per heavy atom. The Balaban J connectivity index is 1.18. The molecular weight excluding hydrogens is 880 g/mol. The van der Waals surface area contributed by atoms with Crippen LogP contribution in [0.1, 0.15) is 56.6 Å². The van der Waals surface area contributed by atoms with Crippen LogP contribution in [0.25, 0.3) is 11.1 Å². The van der Waals surface area contributed by atoms with E-state index in [9.17, 15) is 0 Å². The van der Waals surface area contributed by atoms with Crippen molar-refractivity contribution in [1.82, 2.24) is 19.8 Å². The average molecular weight is 926 g/mol. The number of Topliss-reactive ketones (excluding diaryl/α,β-unsaturated/α-hetero) is 1. The van der Waals surface area contributed by atoms with E-state index in [2.05, 4.69) is 153 Å². The van der Waals surface area contributed by atoms with Gasteiger partial charge in [0.1, 0.15) is 23.7 Å². The predicted octanol–water partition coefficient (Wildman–Crippen LogP) is 13.4. The van der Waals surface area contributed by atoms with Crippen LogP contribution in [0.15, 0.2) is 206 Å². The quantitative estimate of drug-likeness (QED) is 0.150. The number of pyridine rings is 2. The number of carbonyl (C=O) groups is 1. The number of hydrogen-bond acceptors (Lipinski definition) is 7. The van der Waals surface area contributed by atoms with Gasteiger partial charge in [-0.2, -0.15) is 0 Å². The summed E-state index contributed by atoms with van der Waals surface area (Å²) in [4.78, 5) is 37.2. The third kappa shape index (κ3) is 7.34. The molecular formula is C59H46Cl2N6O. The first-order chi connectivity index (χ1) is 33.5. The topological polar surface area (TPSA) is 55.8 Å². The number of hydrogen-bond donors (Lipinski definition) is 0. The van der Waals surface area contributed by atoms with E-state index < -0.39 is 12.1 Å². The molecule has 332 valence electrons. The minimum atomic E-state index is -0.442. The fourth-order valence-electron chi connectivity index (χ4n) is 10.9. The normalized spacial score (nSPS) is 17.6. The highest BCUT2D eigenvalue weighted by atomic mass is 35.5.